The maximum atomic E-state index is 12.9. The molecule has 1 aromatic carbocycles. The molecule has 2 heterocycles. The number of carbonyl (C=O) groups excluding carboxylic acids is 2. The van der Waals surface area contributed by atoms with Crippen LogP contribution in [-0.4, -0.2) is 39.0 Å². The van der Waals surface area contributed by atoms with E-state index in [2.05, 4.69) is 48.1 Å². The van der Waals surface area contributed by atoms with Crippen LogP contribution in [0, 0.1) is 0 Å². The van der Waals surface area contributed by atoms with E-state index in [1.54, 1.807) is 13.0 Å². The number of esters is 1. The second-order valence-corrected chi connectivity index (χ2v) is 11.4. The second kappa shape index (κ2) is 12.6. The first-order valence-corrected chi connectivity index (χ1v) is 14.7. The van der Waals surface area contributed by atoms with E-state index in [0.717, 1.165) is 35.5 Å². The number of aromatic nitrogens is 3. The molecule has 3 aromatic rings. The lowest BCUT2D eigenvalue weighted by Crippen LogP contribution is -2.17. The van der Waals surface area contributed by atoms with Crippen molar-refractivity contribution in [3.63, 3.8) is 0 Å². The van der Waals surface area contributed by atoms with Crippen molar-refractivity contribution >= 4 is 40.0 Å². The number of anilines is 1. The van der Waals surface area contributed by atoms with E-state index < -0.39 is 0 Å². The van der Waals surface area contributed by atoms with Gasteiger partial charge in [-0.15, -0.1) is 28.1 Å². The normalized spacial score (nSPS) is 13.3. The van der Waals surface area contributed by atoms with Crippen molar-refractivity contribution in [1.82, 2.24) is 14.8 Å². The molecule has 1 amide bonds. The van der Waals surface area contributed by atoms with Gasteiger partial charge in [0.1, 0.15) is 10.8 Å². The highest BCUT2D eigenvalue weighted by atomic mass is 32.2. The summed E-state index contributed by atoms with van der Waals surface area (Å²) in [5.41, 5.74) is 2.77. The number of amides is 1. The van der Waals surface area contributed by atoms with E-state index in [1.165, 1.54) is 28.7 Å². The number of carbonyl (C=O) groups is 2. The van der Waals surface area contributed by atoms with Crippen molar-refractivity contribution in [3.8, 4) is 5.75 Å². The maximum Gasteiger partial charge on any atom is 0.341 e. The molecule has 4 rings (SSSR count). The van der Waals surface area contributed by atoms with Gasteiger partial charge in [-0.1, -0.05) is 43.8 Å². The van der Waals surface area contributed by atoms with Gasteiger partial charge in [-0.2, -0.15) is 0 Å². The molecule has 1 atom stereocenters. The molecular formula is C28H34N4O4S2. The Kier molecular flexibility index (Phi) is 9.27. The van der Waals surface area contributed by atoms with E-state index in [1.807, 2.05) is 23.6 Å². The predicted molar refractivity (Wildman–Crippen MR) is 151 cm³/mol. The number of benzene rings is 1. The number of aryl methyl sites for hydroxylation is 1. The third kappa shape index (κ3) is 6.30. The molecule has 38 heavy (non-hydrogen) atoms. The van der Waals surface area contributed by atoms with Crippen LogP contribution in [0.15, 0.2) is 42.1 Å². The van der Waals surface area contributed by atoms with Gasteiger partial charge in [0.05, 0.1) is 17.9 Å². The van der Waals surface area contributed by atoms with Gasteiger partial charge in [0.15, 0.2) is 17.1 Å². The first kappa shape index (κ1) is 27.9. The maximum absolute atomic E-state index is 12.9. The molecule has 0 aliphatic heterocycles. The van der Waals surface area contributed by atoms with E-state index in [4.69, 9.17) is 9.47 Å². The smallest absolute Gasteiger partial charge is 0.341 e. The van der Waals surface area contributed by atoms with Crippen LogP contribution in [0.3, 0.4) is 0 Å². The Hall–Kier alpha value is -3.11. The van der Waals surface area contributed by atoms with Crippen molar-refractivity contribution < 1.29 is 19.1 Å². The molecule has 2 aromatic heterocycles. The number of rotatable bonds is 12. The second-order valence-electron chi connectivity index (χ2n) is 9.34. The lowest BCUT2D eigenvalue weighted by Gasteiger charge is -2.16. The van der Waals surface area contributed by atoms with Crippen LogP contribution >= 0.6 is 23.1 Å². The zero-order valence-corrected chi connectivity index (χ0v) is 23.9. The number of fused-ring (bicyclic) bond motifs is 1. The van der Waals surface area contributed by atoms with Gasteiger partial charge in [-0.25, -0.2) is 4.79 Å². The Bertz CT molecular complexity index is 1300. The summed E-state index contributed by atoms with van der Waals surface area (Å²) < 4.78 is 13.3. The average molecular weight is 555 g/mol. The highest BCUT2D eigenvalue weighted by Crippen LogP contribution is 2.39. The van der Waals surface area contributed by atoms with Crippen LogP contribution in [0.25, 0.3) is 0 Å². The summed E-state index contributed by atoms with van der Waals surface area (Å²) in [5.74, 6) is 1.38. The molecule has 1 aliphatic carbocycles. The summed E-state index contributed by atoms with van der Waals surface area (Å²) in [6.45, 7) is 12.6. The van der Waals surface area contributed by atoms with Gasteiger partial charge < -0.3 is 14.8 Å². The minimum atomic E-state index is -0.377. The summed E-state index contributed by atoms with van der Waals surface area (Å²) in [5, 5.41) is 12.8. The summed E-state index contributed by atoms with van der Waals surface area (Å²) in [6.07, 6.45) is 4.19. The molecule has 0 saturated carbocycles. The van der Waals surface area contributed by atoms with Crippen LogP contribution in [-0.2, 0) is 28.9 Å². The zero-order chi connectivity index (χ0) is 27.2. The third-order valence-corrected chi connectivity index (χ3v) is 8.44. The predicted octanol–water partition coefficient (Wildman–Crippen LogP) is 6.19. The molecule has 1 aliphatic rings. The monoisotopic (exact) mass is 554 g/mol. The van der Waals surface area contributed by atoms with Crippen LogP contribution in [0.5, 0.6) is 5.75 Å². The zero-order valence-electron chi connectivity index (χ0n) is 22.3. The standard InChI is InChI=1S/C28H34N4O4S2/c1-6-15-32-25(18(5)36-20-13-11-19(12-14-20)17(3)4)30-31-28(32)37-16-23(33)29-26-24(27(34)35-7-2)21-9-8-10-22(21)38-26/h6,11-14,17-18H,1,7-10,15-16H2,2-5H3,(H,29,33). The highest BCUT2D eigenvalue weighted by Gasteiger charge is 2.28. The van der Waals surface area contributed by atoms with Gasteiger partial charge >= 0.3 is 5.97 Å². The van der Waals surface area contributed by atoms with Crippen molar-refractivity contribution in [1.29, 1.82) is 0 Å². The quantitative estimate of drug-likeness (QED) is 0.162. The molecule has 0 saturated heterocycles. The molecule has 0 bridgehead atoms. The summed E-state index contributed by atoms with van der Waals surface area (Å²) >= 11 is 2.75. The average Bonchev–Trinajstić information content (AvgIpc) is 3.58. The molecule has 0 radical (unpaired) electrons. The Morgan fingerprint density at radius 2 is 1.97 bits per heavy atom. The van der Waals surface area contributed by atoms with Gasteiger partial charge in [-0.05, 0) is 62.3 Å². The molecule has 202 valence electrons. The van der Waals surface area contributed by atoms with Gasteiger partial charge in [-0.3, -0.25) is 9.36 Å². The summed E-state index contributed by atoms with van der Waals surface area (Å²) in [7, 11) is 0. The first-order valence-electron chi connectivity index (χ1n) is 12.9. The van der Waals surface area contributed by atoms with E-state index >= 15 is 0 Å². The van der Waals surface area contributed by atoms with Gasteiger partial charge in [0, 0.05) is 11.4 Å². The summed E-state index contributed by atoms with van der Waals surface area (Å²) in [6, 6.07) is 8.06. The lowest BCUT2D eigenvalue weighted by atomic mass is 10.0. The van der Waals surface area contributed by atoms with Gasteiger partial charge in [0.2, 0.25) is 5.91 Å². The fraction of sp³-hybridized carbons (Fsp3) is 0.429. The topological polar surface area (TPSA) is 95.3 Å². The number of hydrogen-bond donors (Lipinski definition) is 1. The molecule has 1 unspecified atom stereocenters. The van der Waals surface area contributed by atoms with Crippen molar-refractivity contribution in [3.05, 3.63) is 64.3 Å². The van der Waals surface area contributed by atoms with E-state index in [9.17, 15) is 9.59 Å². The fourth-order valence-corrected chi connectivity index (χ4v) is 6.45. The third-order valence-electron chi connectivity index (χ3n) is 6.27. The number of nitrogens with one attached hydrogen (secondary N) is 1. The number of thiophene rings is 1. The molecule has 8 nitrogen and oxygen atoms in total. The molecular weight excluding hydrogens is 520 g/mol. The number of nitrogens with zero attached hydrogens (tertiary/aromatic N) is 3. The first-order chi connectivity index (χ1) is 18.3. The molecule has 0 fully saturated rings. The molecule has 1 N–H and O–H groups in total. The summed E-state index contributed by atoms with van der Waals surface area (Å²) in [4.78, 5) is 26.6. The Balaban J connectivity index is 1.43. The minimum Gasteiger partial charge on any atom is -0.483 e. The van der Waals surface area contributed by atoms with Crippen LogP contribution < -0.4 is 10.1 Å². The van der Waals surface area contributed by atoms with Crippen LogP contribution in [0.2, 0.25) is 0 Å². The van der Waals surface area contributed by atoms with Crippen molar-refractivity contribution in [2.24, 2.45) is 0 Å². The van der Waals surface area contributed by atoms with Crippen LogP contribution in [0.1, 0.15) is 78.3 Å². The molecule has 10 heteroatoms. The Morgan fingerprint density at radius 1 is 1.21 bits per heavy atom. The van der Waals surface area contributed by atoms with Crippen molar-refractivity contribution in [2.45, 2.75) is 70.7 Å². The van der Waals surface area contributed by atoms with Crippen LogP contribution in [0.4, 0.5) is 5.00 Å². The van der Waals surface area contributed by atoms with Gasteiger partial charge in [0.25, 0.3) is 0 Å². The fourth-order valence-electron chi connectivity index (χ4n) is 4.40. The van der Waals surface area contributed by atoms with Crippen molar-refractivity contribution in [2.75, 3.05) is 17.7 Å². The number of hydrogen-bond acceptors (Lipinski definition) is 8. The number of allylic oxidation sites excluding steroid dienone is 1. The SMILES string of the molecule is C=CCn1c(SCC(=O)Nc2sc3c(c2C(=O)OCC)CCC3)nnc1C(C)Oc1ccc(C(C)C)cc1. The lowest BCUT2D eigenvalue weighted by molar-refractivity contribution is -0.113. The molecule has 0 spiro atoms. The largest absolute Gasteiger partial charge is 0.483 e. The number of ether oxygens (including phenoxy) is 2. The number of thioether (sulfide) groups is 1. The minimum absolute atomic E-state index is 0.117. The Labute approximate surface area is 231 Å². The highest BCUT2D eigenvalue weighted by molar-refractivity contribution is 7.99. The Morgan fingerprint density at radius 3 is 2.66 bits per heavy atom. The van der Waals surface area contributed by atoms with E-state index in [0.29, 0.717) is 40.6 Å². The van der Waals surface area contributed by atoms with E-state index in [-0.39, 0.29) is 23.7 Å².